The summed E-state index contributed by atoms with van der Waals surface area (Å²) in [5.41, 5.74) is 0. The summed E-state index contributed by atoms with van der Waals surface area (Å²) in [6, 6.07) is -0.0230. The average molecular weight is 226 g/mol. The second-order valence-electron chi connectivity index (χ2n) is 4.94. The first kappa shape index (κ1) is 11.9. The van der Waals surface area contributed by atoms with Gasteiger partial charge in [-0.2, -0.15) is 0 Å². The molecule has 1 saturated carbocycles. The summed E-state index contributed by atoms with van der Waals surface area (Å²) < 4.78 is 0. The highest BCUT2D eigenvalue weighted by Gasteiger charge is 2.34. The summed E-state index contributed by atoms with van der Waals surface area (Å²) in [5.74, 6) is 0.625. The van der Waals surface area contributed by atoms with E-state index in [0.29, 0.717) is 12.5 Å². The molecule has 2 fully saturated rings. The molecule has 0 radical (unpaired) electrons. The van der Waals surface area contributed by atoms with Crippen LogP contribution in [-0.2, 0) is 4.79 Å². The quantitative estimate of drug-likeness (QED) is 0.711. The van der Waals surface area contributed by atoms with Crippen LogP contribution in [0, 0.1) is 5.92 Å². The van der Waals surface area contributed by atoms with Gasteiger partial charge in [-0.05, 0) is 38.1 Å². The molecule has 4 nitrogen and oxygen atoms in total. The van der Waals surface area contributed by atoms with Crippen molar-refractivity contribution in [3.63, 3.8) is 0 Å². The number of carbonyl (C=O) groups is 1. The van der Waals surface area contributed by atoms with Crippen molar-refractivity contribution >= 4 is 5.91 Å². The van der Waals surface area contributed by atoms with E-state index < -0.39 is 0 Å². The van der Waals surface area contributed by atoms with Crippen molar-refractivity contribution in [1.82, 2.24) is 10.2 Å². The van der Waals surface area contributed by atoms with Crippen LogP contribution in [0.1, 0.15) is 32.6 Å². The maximum Gasteiger partial charge on any atom is 0.239 e. The van der Waals surface area contributed by atoms with Gasteiger partial charge in [0.2, 0.25) is 5.91 Å². The van der Waals surface area contributed by atoms with E-state index in [0.717, 1.165) is 38.8 Å². The molecule has 2 atom stereocenters. The fourth-order valence-electron chi connectivity index (χ4n) is 2.41. The van der Waals surface area contributed by atoms with Crippen molar-refractivity contribution in [3.05, 3.63) is 0 Å². The number of rotatable bonds is 5. The van der Waals surface area contributed by atoms with E-state index in [-0.39, 0.29) is 18.1 Å². The number of amides is 1. The number of carbonyl (C=O) groups excluding carboxylic acids is 1. The minimum absolute atomic E-state index is 0.0230. The van der Waals surface area contributed by atoms with Gasteiger partial charge in [-0.1, -0.05) is 6.92 Å². The molecule has 1 aliphatic heterocycles. The lowest BCUT2D eigenvalue weighted by Crippen LogP contribution is -2.52. The van der Waals surface area contributed by atoms with Crippen LogP contribution in [0.25, 0.3) is 0 Å². The lowest BCUT2D eigenvalue weighted by atomic mass is 10.0. The second-order valence-corrected chi connectivity index (χ2v) is 4.94. The van der Waals surface area contributed by atoms with Crippen molar-refractivity contribution in [2.75, 3.05) is 19.6 Å². The number of nitrogens with one attached hydrogen (secondary N) is 1. The smallest absolute Gasteiger partial charge is 0.239 e. The van der Waals surface area contributed by atoms with Gasteiger partial charge in [0.15, 0.2) is 0 Å². The van der Waals surface area contributed by atoms with E-state index in [2.05, 4.69) is 5.32 Å². The van der Waals surface area contributed by atoms with Crippen LogP contribution < -0.4 is 5.32 Å². The SMILES string of the molecule is CCNC1CCCN(CC(O)C2CC2)C1=O. The molecule has 0 aromatic heterocycles. The third kappa shape index (κ3) is 2.74. The van der Waals surface area contributed by atoms with Gasteiger partial charge in [-0.15, -0.1) is 0 Å². The van der Waals surface area contributed by atoms with E-state index in [4.69, 9.17) is 0 Å². The van der Waals surface area contributed by atoms with Gasteiger partial charge in [0.1, 0.15) is 0 Å². The normalized spacial score (nSPS) is 28.2. The molecular weight excluding hydrogens is 204 g/mol. The molecule has 2 N–H and O–H groups in total. The van der Waals surface area contributed by atoms with Crippen molar-refractivity contribution in [3.8, 4) is 0 Å². The molecule has 0 aromatic rings. The van der Waals surface area contributed by atoms with Crippen LogP contribution in [-0.4, -0.2) is 47.7 Å². The molecule has 92 valence electrons. The third-order valence-electron chi connectivity index (χ3n) is 3.55. The van der Waals surface area contributed by atoms with Gasteiger partial charge >= 0.3 is 0 Å². The Labute approximate surface area is 97.0 Å². The predicted octanol–water partition coefficient (Wildman–Crippen LogP) is 0.358. The summed E-state index contributed by atoms with van der Waals surface area (Å²) >= 11 is 0. The minimum Gasteiger partial charge on any atom is -0.391 e. The maximum atomic E-state index is 12.0. The van der Waals surface area contributed by atoms with Gasteiger partial charge in [-0.25, -0.2) is 0 Å². The molecule has 1 aliphatic carbocycles. The number of aliphatic hydroxyl groups excluding tert-OH is 1. The number of likely N-dealkylation sites (tertiary alicyclic amines) is 1. The average Bonchev–Trinajstić information content (AvgIpc) is 3.07. The molecule has 0 bridgehead atoms. The highest BCUT2D eigenvalue weighted by Crippen LogP contribution is 2.33. The van der Waals surface area contributed by atoms with Gasteiger partial charge in [0.25, 0.3) is 0 Å². The number of β-amino-alcohol motifs (C(OH)–C–C–N with tert-alkyl or cyclic N) is 1. The molecule has 1 heterocycles. The van der Waals surface area contributed by atoms with Gasteiger partial charge in [0, 0.05) is 13.1 Å². The first-order valence-electron chi connectivity index (χ1n) is 6.42. The first-order chi connectivity index (χ1) is 7.72. The maximum absolute atomic E-state index is 12.0. The Balaban J connectivity index is 1.85. The van der Waals surface area contributed by atoms with Crippen LogP contribution in [0.3, 0.4) is 0 Å². The van der Waals surface area contributed by atoms with E-state index >= 15 is 0 Å². The van der Waals surface area contributed by atoms with Crippen LogP contribution in [0.4, 0.5) is 0 Å². The molecule has 2 unspecified atom stereocenters. The number of nitrogens with zero attached hydrogens (tertiary/aromatic N) is 1. The topological polar surface area (TPSA) is 52.6 Å². The van der Waals surface area contributed by atoms with Crippen molar-refractivity contribution in [2.45, 2.75) is 44.8 Å². The lowest BCUT2D eigenvalue weighted by Gasteiger charge is -2.33. The molecule has 2 aliphatic rings. The Bertz CT molecular complexity index is 251. The van der Waals surface area contributed by atoms with Crippen LogP contribution >= 0.6 is 0 Å². The highest BCUT2D eigenvalue weighted by atomic mass is 16.3. The molecule has 2 rings (SSSR count). The molecule has 0 spiro atoms. The zero-order valence-electron chi connectivity index (χ0n) is 9.98. The summed E-state index contributed by atoms with van der Waals surface area (Å²) in [6.45, 7) is 4.19. The predicted molar refractivity (Wildman–Crippen MR) is 62.0 cm³/mol. The van der Waals surface area contributed by atoms with Gasteiger partial charge in [-0.3, -0.25) is 4.79 Å². The fraction of sp³-hybridized carbons (Fsp3) is 0.917. The van der Waals surface area contributed by atoms with Crippen molar-refractivity contribution in [1.29, 1.82) is 0 Å². The molecule has 1 amide bonds. The zero-order chi connectivity index (χ0) is 11.5. The van der Waals surface area contributed by atoms with Crippen molar-refractivity contribution in [2.24, 2.45) is 5.92 Å². The number of hydrogen-bond acceptors (Lipinski definition) is 3. The highest BCUT2D eigenvalue weighted by molar-refractivity contribution is 5.82. The number of aliphatic hydroxyl groups is 1. The largest absolute Gasteiger partial charge is 0.391 e. The molecule has 1 saturated heterocycles. The molecular formula is C12H22N2O2. The molecule has 4 heteroatoms. The fourth-order valence-corrected chi connectivity index (χ4v) is 2.41. The second kappa shape index (κ2) is 5.15. The van der Waals surface area contributed by atoms with Crippen molar-refractivity contribution < 1.29 is 9.90 Å². The van der Waals surface area contributed by atoms with Gasteiger partial charge < -0.3 is 15.3 Å². The Morgan fingerprint density at radius 3 is 2.88 bits per heavy atom. The van der Waals surface area contributed by atoms with E-state index in [1.807, 2.05) is 11.8 Å². The monoisotopic (exact) mass is 226 g/mol. The molecule has 16 heavy (non-hydrogen) atoms. The Hall–Kier alpha value is -0.610. The standard InChI is InChI=1S/C12H22N2O2/c1-2-13-10-4-3-7-14(12(10)16)8-11(15)9-5-6-9/h9-11,13,15H,2-8H2,1H3. The zero-order valence-corrected chi connectivity index (χ0v) is 9.98. The molecule has 0 aromatic carbocycles. The van der Waals surface area contributed by atoms with E-state index in [1.165, 1.54) is 0 Å². The number of hydrogen-bond donors (Lipinski definition) is 2. The summed E-state index contributed by atoms with van der Waals surface area (Å²) in [4.78, 5) is 13.9. The Kier molecular flexibility index (Phi) is 3.82. The summed E-state index contributed by atoms with van der Waals surface area (Å²) in [6.07, 6.45) is 3.92. The van der Waals surface area contributed by atoms with Crippen LogP contribution in [0.5, 0.6) is 0 Å². The lowest BCUT2D eigenvalue weighted by molar-refractivity contribution is -0.137. The van der Waals surface area contributed by atoms with E-state index in [1.54, 1.807) is 0 Å². The Morgan fingerprint density at radius 2 is 2.25 bits per heavy atom. The summed E-state index contributed by atoms with van der Waals surface area (Å²) in [7, 11) is 0. The van der Waals surface area contributed by atoms with Crippen LogP contribution in [0.15, 0.2) is 0 Å². The van der Waals surface area contributed by atoms with Crippen LogP contribution in [0.2, 0.25) is 0 Å². The minimum atomic E-state index is -0.302. The van der Waals surface area contributed by atoms with Gasteiger partial charge in [0.05, 0.1) is 12.1 Å². The Morgan fingerprint density at radius 1 is 1.50 bits per heavy atom. The van der Waals surface area contributed by atoms with E-state index in [9.17, 15) is 9.90 Å². The number of piperidine rings is 1. The summed E-state index contributed by atoms with van der Waals surface area (Å²) in [5, 5.41) is 13.1. The number of likely N-dealkylation sites (N-methyl/N-ethyl adjacent to an activating group) is 1. The first-order valence-corrected chi connectivity index (χ1v) is 6.42. The third-order valence-corrected chi connectivity index (χ3v) is 3.55.